The normalized spacial score (nSPS) is 13.8. The molecule has 3 aromatic rings. The van der Waals surface area contributed by atoms with Crippen molar-refractivity contribution in [2.45, 2.75) is 31.8 Å². The molecule has 1 aliphatic heterocycles. The number of nitrogens with one attached hydrogen (secondary N) is 1. The lowest BCUT2D eigenvalue weighted by Crippen LogP contribution is -2.44. The van der Waals surface area contributed by atoms with Crippen LogP contribution in [0, 0.1) is 0 Å². The van der Waals surface area contributed by atoms with Crippen molar-refractivity contribution in [1.82, 2.24) is 19.8 Å². The Hall–Kier alpha value is -3.46. The molecule has 2 aromatic carbocycles. The van der Waals surface area contributed by atoms with Crippen LogP contribution in [0.1, 0.15) is 35.7 Å². The first-order valence-corrected chi connectivity index (χ1v) is 12.4. The van der Waals surface area contributed by atoms with Crippen LogP contribution in [0.3, 0.4) is 0 Å². The van der Waals surface area contributed by atoms with Crippen LogP contribution in [0.2, 0.25) is 0 Å². The van der Waals surface area contributed by atoms with Crippen molar-refractivity contribution < 1.29 is 18.9 Å². The fourth-order valence-corrected chi connectivity index (χ4v) is 4.94. The molecule has 192 valence electrons. The molecule has 0 amide bonds. The fourth-order valence-electron chi connectivity index (χ4n) is 4.68. The molecule has 0 radical (unpaired) electrons. The van der Waals surface area contributed by atoms with Gasteiger partial charge >= 0.3 is 0 Å². The highest BCUT2D eigenvalue weighted by molar-refractivity contribution is 7.80. The van der Waals surface area contributed by atoms with Gasteiger partial charge < -0.3 is 33.7 Å². The maximum absolute atomic E-state index is 5.71. The van der Waals surface area contributed by atoms with Gasteiger partial charge in [-0.25, -0.2) is 4.98 Å². The average Bonchev–Trinajstić information content (AvgIpc) is 3.39. The molecule has 36 heavy (non-hydrogen) atoms. The molecule has 0 unspecified atom stereocenters. The molecular weight excluding hydrogens is 476 g/mol. The Morgan fingerprint density at radius 1 is 1.00 bits per heavy atom. The zero-order valence-electron chi connectivity index (χ0n) is 21.3. The van der Waals surface area contributed by atoms with E-state index in [0.717, 1.165) is 65.2 Å². The number of piperidine rings is 1. The van der Waals surface area contributed by atoms with E-state index in [0.29, 0.717) is 24.8 Å². The third kappa shape index (κ3) is 5.84. The van der Waals surface area contributed by atoms with Crippen molar-refractivity contribution in [2.24, 2.45) is 0 Å². The third-order valence-electron chi connectivity index (χ3n) is 6.57. The number of nitrogens with zero attached hydrogens (tertiary/aromatic N) is 3. The Morgan fingerprint density at radius 3 is 2.36 bits per heavy atom. The highest BCUT2D eigenvalue weighted by atomic mass is 32.1. The van der Waals surface area contributed by atoms with Gasteiger partial charge in [0.05, 0.1) is 28.4 Å². The summed E-state index contributed by atoms with van der Waals surface area (Å²) in [6.45, 7) is 3.05. The molecule has 2 heterocycles. The topological polar surface area (TPSA) is 70.0 Å². The molecule has 1 N–H and O–H groups in total. The van der Waals surface area contributed by atoms with Gasteiger partial charge in [-0.3, -0.25) is 0 Å². The van der Waals surface area contributed by atoms with Crippen molar-refractivity contribution in [3.8, 4) is 23.0 Å². The predicted octanol–water partition coefficient (Wildman–Crippen LogP) is 4.22. The summed E-state index contributed by atoms with van der Waals surface area (Å²) in [4.78, 5) is 6.95. The second kappa shape index (κ2) is 12.0. The number of imidazole rings is 1. The molecule has 0 spiro atoms. The van der Waals surface area contributed by atoms with Gasteiger partial charge in [-0.2, -0.15) is 0 Å². The smallest absolute Gasteiger partial charge is 0.169 e. The second-order valence-electron chi connectivity index (χ2n) is 8.71. The minimum Gasteiger partial charge on any atom is -0.497 e. The minimum absolute atomic E-state index is 0.380. The summed E-state index contributed by atoms with van der Waals surface area (Å²) in [7, 11) is 6.63. The van der Waals surface area contributed by atoms with Crippen molar-refractivity contribution in [3.63, 3.8) is 0 Å². The van der Waals surface area contributed by atoms with Crippen LogP contribution in [0.5, 0.6) is 23.0 Å². The summed E-state index contributed by atoms with van der Waals surface area (Å²) in [6.07, 6.45) is 5.90. The van der Waals surface area contributed by atoms with E-state index in [-0.39, 0.29) is 0 Å². The first-order valence-electron chi connectivity index (χ1n) is 12.0. The molecule has 1 aromatic heterocycles. The van der Waals surface area contributed by atoms with Gasteiger partial charge in [-0.15, -0.1) is 0 Å². The van der Waals surface area contributed by atoms with Crippen molar-refractivity contribution >= 4 is 17.3 Å². The average molecular weight is 511 g/mol. The van der Waals surface area contributed by atoms with Crippen LogP contribution < -0.4 is 24.3 Å². The summed E-state index contributed by atoms with van der Waals surface area (Å²) in [5, 5.41) is 4.14. The Kier molecular flexibility index (Phi) is 8.53. The monoisotopic (exact) mass is 510 g/mol. The number of ether oxygens (including phenoxy) is 4. The Bertz CT molecular complexity index is 1150. The summed E-state index contributed by atoms with van der Waals surface area (Å²) >= 11 is 5.71. The molecular formula is C27H34N4O4S. The number of hydrogen-bond acceptors (Lipinski definition) is 6. The lowest BCUT2D eigenvalue weighted by Gasteiger charge is -2.34. The van der Waals surface area contributed by atoms with Crippen LogP contribution in [0.25, 0.3) is 0 Å². The maximum Gasteiger partial charge on any atom is 0.169 e. The van der Waals surface area contributed by atoms with E-state index in [1.807, 2.05) is 48.8 Å². The van der Waals surface area contributed by atoms with Crippen molar-refractivity contribution in [1.29, 1.82) is 0 Å². The number of hydrogen-bond donors (Lipinski definition) is 1. The van der Waals surface area contributed by atoms with Gasteiger partial charge in [0.1, 0.15) is 17.3 Å². The number of rotatable bonds is 9. The number of benzene rings is 2. The minimum atomic E-state index is 0.380. The lowest BCUT2D eigenvalue weighted by molar-refractivity contribution is 0.300. The van der Waals surface area contributed by atoms with Crippen LogP contribution in [0.15, 0.2) is 48.8 Å². The highest BCUT2D eigenvalue weighted by Gasteiger charge is 2.25. The van der Waals surface area contributed by atoms with Crippen LogP contribution in [-0.2, 0) is 13.1 Å². The molecule has 1 saturated heterocycles. The summed E-state index contributed by atoms with van der Waals surface area (Å²) in [6, 6.07) is 11.8. The standard InChI is InChI=1S/C27H34N4O4S/c1-32-22-14-19(15-23(16-22)33-2)18-31-13-10-28-26(31)20-8-11-30(12-9-20)27(36)29-17-21-6-5-7-24(34-3)25(21)35-4/h5-7,10,13-16,20H,8-9,11-12,17-18H2,1-4H3,(H,29,36). The molecule has 1 aliphatic rings. The van der Waals surface area contributed by atoms with E-state index in [9.17, 15) is 0 Å². The summed E-state index contributed by atoms with van der Waals surface area (Å²) in [5.74, 6) is 4.50. The van der Waals surface area contributed by atoms with Gasteiger partial charge in [0.25, 0.3) is 0 Å². The molecule has 1 fully saturated rings. The van der Waals surface area contributed by atoms with Crippen molar-refractivity contribution in [3.05, 3.63) is 65.7 Å². The van der Waals surface area contributed by atoms with E-state index >= 15 is 0 Å². The molecule has 0 aliphatic carbocycles. The molecule has 0 atom stereocenters. The molecule has 9 heteroatoms. The van der Waals surface area contributed by atoms with Gasteiger partial charge in [0.15, 0.2) is 16.6 Å². The Balaban J connectivity index is 1.35. The summed E-state index contributed by atoms with van der Waals surface area (Å²) in [5.41, 5.74) is 2.12. The second-order valence-corrected chi connectivity index (χ2v) is 9.09. The Labute approximate surface area is 218 Å². The van der Waals surface area contributed by atoms with Crippen molar-refractivity contribution in [2.75, 3.05) is 41.5 Å². The number of likely N-dealkylation sites (tertiary alicyclic amines) is 1. The van der Waals surface area contributed by atoms with E-state index in [4.69, 9.17) is 36.1 Å². The van der Waals surface area contributed by atoms with E-state index in [2.05, 4.69) is 14.8 Å². The zero-order chi connectivity index (χ0) is 25.5. The SMILES string of the molecule is COc1cc(Cn2ccnc2C2CCN(C(=S)NCc3cccc(OC)c3OC)CC2)cc(OC)c1. The van der Waals surface area contributed by atoms with Gasteiger partial charge in [-0.05, 0) is 48.8 Å². The van der Waals surface area contributed by atoms with E-state index in [1.54, 1.807) is 28.4 Å². The zero-order valence-corrected chi connectivity index (χ0v) is 22.1. The number of aromatic nitrogens is 2. The van der Waals surface area contributed by atoms with Gasteiger partial charge in [-0.1, -0.05) is 12.1 Å². The largest absolute Gasteiger partial charge is 0.497 e. The van der Waals surface area contributed by atoms with Gasteiger partial charge in [0.2, 0.25) is 0 Å². The first kappa shape index (κ1) is 25.6. The first-order chi connectivity index (χ1) is 17.6. The maximum atomic E-state index is 5.71. The Morgan fingerprint density at radius 2 is 1.72 bits per heavy atom. The van der Waals surface area contributed by atoms with Crippen LogP contribution in [-0.4, -0.2) is 61.1 Å². The summed E-state index contributed by atoms with van der Waals surface area (Å²) < 4.78 is 24.0. The van der Waals surface area contributed by atoms with Gasteiger partial charge in [0, 0.05) is 56.1 Å². The van der Waals surface area contributed by atoms with Crippen LogP contribution in [0.4, 0.5) is 0 Å². The molecule has 0 bridgehead atoms. The molecule has 8 nitrogen and oxygen atoms in total. The lowest BCUT2D eigenvalue weighted by atomic mass is 9.96. The molecule has 0 saturated carbocycles. The predicted molar refractivity (Wildman–Crippen MR) is 143 cm³/mol. The quantitative estimate of drug-likeness (QED) is 0.429. The molecule has 4 rings (SSSR count). The number of para-hydroxylation sites is 1. The fraction of sp³-hybridized carbons (Fsp3) is 0.407. The number of thiocarbonyl (C=S) groups is 1. The van der Waals surface area contributed by atoms with E-state index in [1.165, 1.54) is 0 Å². The van der Waals surface area contributed by atoms with Crippen LogP contribution >= 0.6 is 12.2 Å². The number of methoxy groups -OCH3 is 4. The highest BCUT2D eigenvalue weighted by Crippen LogP contribution is 2.31. The van der Waals surface area contributed by atoms with E-state index < -0.39 is 0 Å². The third-order valence-corrected chi connectivity index (χ3v) is 6.98.